The van der Waals surface area contributed by atoms with Crippen LogP contribution in [0.15, 0.2) is 24.3 Å². The Kier molecular flexibility index (Phi) is 6.19. The summed E-state index contributed by atoms with van der Waals surface area (Å²) in [6.07, 6.45) is 0. The molecular formula is C16H23N3O2. The lowest BCUT2D eigenvalue weighted by Crippen LogP contribution is -2.42. The quantitative estimate of drug-likeness (QED) is 0.805. The van der Waals surface area contributed by atoms with E-state index in [2.05, 4.69) is 10.6 Å². The van der Waals surface area contributed by atoms with Crippen molar-refractivity contribution in [2.45, 2.75) is 26.8 Å². The minimum Gasteiger partial charge on any atom is -0.479 e. The highest BCUT2D eigenvalue weighted by atomic mass is 16.5. The summed E-state index contributed by atoms with van der Waals surface area (Å²) in [5, 5.41) is 14.5. The Morgan fingerprint density at radius 3 is 2.52 bits per heavy atom. The summed E-state index contributed by atoms with van der Waals surface area (Å²) >= 11 is 0. The van der Waals surface area contributed by atoms with E-state index < -0.39 is 5.41 Å². The third-order valence-electron chi connectivity index (χ3n) is 3.38. The number of benzene rings is 1. The van der Waals surface area contributed by atoms with Crippen molar-refractivity contribution in [2.24, 2.45) is 5.41 Å². The molecular weight excluding hydrogens is 266 g/mol. The van der Waals surface area contributed by atoms with Crippen molar-refractivity contribution < 1.29 is 9.53 Å². The number of carbonyl (C=O) groups excluding carboxylic acids is 1. The highest BCUT2D eigenvalue weighted by Gasteiger charge is 2.26. The van der Waals surface area contributed by atoms with Crippen LogP contribution in [0.4, 0.5) is 0 Å². The van der Waals surface area contributed by atoms with Crippen LogP contribution in [0.3, 0.4) is 0 Å². The van der Waals surface area contributed by atoms with E-state index in [0.29, 0.717) is 12.3 Å². The second kappa shape index (κ2) is 7.65. The Morgan fingerprint density at radius 1 is 1.38 bits per heavy atom. The van der Waals surface area contributed by atoms with Crippen molar-refractivity contribution in [3.05, 3.63) is 29.8 Å². The summed E-state index contributed by atoms with van der Waals surface area (Å²) in [6, 6.07) is 9.65. The van der Waals surface area contributed by atoms with Crippen molar-refractivity contribution in [3.8, 4) is 11.8 Å². The highest BCUT2D eigenvalue weighted by molar-refractivity contribution is 5.81. The molecule has 1 rings (SSSR count). The monoisotopic (exact) mass is 289 g/mol. The number of nitriles is 1. The van der Waals surface area contributed by atoms with E-state index in [9.17, 15) is 4.79 Å². The molecule has 21 heavy (non-hydrogen) atoms. The van der Waals surface area contributed by atoms with Gasteiger partial charge in [0, 0.05) is 19.6 Å². The largest absolute Gasteiger partial charge is 0.479 e. The second-order valence-electron chi connectivity index (χ2n) is 5.58. The van der Waals surface area contributed by atoms with Crippen molar-refractivity contribution in [1.29, 1.82) is 5.26 Å². The predicted molar refractivity (Wildman–Crippen MR) is 81.8 cm³/mol. The third kappa shape index (κ3) is 5.09. The van der Waals surface area contributed by atoms with Gasteiger partial charge >= 0.3 is 0 Å². The summed E-state index contributed by atoms with van der Waals surface area (Å²) in [4.78, 5) is 11.7. The second-order valence-corrected chi connectivity index (χ2v) is 5.58. The van der Waals surface area contributed by atoms with Crippen molar-refractivity contribution in [1.82, 2.24) is 10.6 Å². The van der Waals surface area contributed by atoms with Crippen molar-refractivity contribution in [2.75, 3.05) is 20.2 Å². The molecule has 0 heterocycles. The van der Waals surface area contributed by atoms with E-state index in [1.807, 2.05) is 51.1 Å². The Morgan fingerprint density at radius 2 is 2.00 bits per heavy atom. The van der Waals surface area contributed by atoms with E-state index in [0.717, 1.165) is 5.56 Å². The number of nitrogens with one attached hydrogen (secondary N) is 2. The molecule has 5 nitrogen and oxygen atoms in total. The summed E-state index contributed by atoms with van der Waals surface area (Å²) in [6.45, 7) is 6.49. The molecule has 0 aliphatic rings. The first-order chi connectivity index (χ1) is 9.90. The zero-order chi connectivity index (χ0) is 15.9. The molecule has 1 amide bonds. The SMILES string of the molecule is CNC(=O)C(C)(C)CNC(C)c1ccc(OCC#N)cc1. The Hall–Kier alpha value is -2.06. The van der Waals surface area contributed by atoms with E-state index in [1.165, 1.54) is 0 Å². The molecule has 0 saturated heterocycles. The van der Waals surface area contributed by atoms with Crippen LogP contribution < -0.4 is 15.4 Å². The maximum atomic E-state index is 11.7. The van der Waals surface area contributed by atoms with Gasteiger partial charge < -0.3 is 15.4 Å². The van der Waals surface area contributed by atoms with Gasteiger partial charge in [-0.25, -0.2) is 0 Å². The summed E-state index contributed by atoms with van der Waals surface area (Å²) in [5.41, 5.74) is 0.644. The maximum Gasteiger partial charge on any atom is 0.226 e. The molecule has 0 bridgehead atoms. The molecule has 2 N–H and O–H groups in total. The lowest BCUT2D eigenvalue weighted by molar-refractivity contribution is -0.128. The lowest BCUT2D eigenvalue weighted by atomic mass is 9.91. The Bertz CT molecular complexity index is 503. The van der Waals surface area contributed by atoms with E-state index >= 15 is 0 Å². The molecule has 1 aromatic rings. The van der Waals surface area contributed by atoms with Crippen LogP contribution in [0.25, 0.3) is 0 Å². The molecule has 0 saturated carbocycles. The molecule has 114 valence electrons. The number of amides is 1. The summed E-state index contributed by atoms with van der Waals surface area (Å²) in [7, 11) is 1.65. The fourth-order valence-corrected chi connectivity index (χ4v) is 1.91. The van der Waals surface area contributed by atoms with E-state index in [4.69, 9.17) is 10.00 Å². The predicted octanol–water partition coefficient (Wildman–Crippen LogP) is 2.01. The van der Waals surface area contributed by atoms with Gasteiger partial charge in [0.05, 0.1) is 5.41 Å². The maximum absolute atomic E-state index is 11.7. The fraction of sp³-hybridized carbons (Fsp3) is 0.500. The first-order valence-corrected chi connectivity index (χ1v) is 6.96. The van der Waals surface area contributed by atoms with E-state index in [1.54, 1.807) is 7.05 Å². The highest BCUT2D eigenvalue weighted by Crippen LogP contribution is 2.20. The zero-order valence-electron chi connectivity index (χ0n) is 13.1. The molecule has 0 aliphatic carbocycles. The number of rotatable bonds is 7. The van der Waals surface area contributed by atoms with Gasteiger partial charge in [-0.15, -0.1) is 0 Å². The number of nitrogens with zero attached hydrogens (tertiary/aromatic N) is 1. The fourth-order valence-electron chi connectivity index (χ4n) is 1.91. The number of hydrogen-bond acceptors (Lipinski definition) is 4. The number of hydrogen-bond donors (Lipinski definition) is 2. The van der Waals surface area contributed by atoms with Crippen LogP contribution in [-0.4, -0.2) is 26.1 Å². The van der Waals surface area contributed by atoms with Crippen LogP contribution in [0.5, 0.6) is 5.75 Å². The van der Waals surface area contributed by atoms with Gasteiger partial charge in [-0.1, -0.05) is 12.1 Å². The van der Waals surface area contributed by atoms with Gasteiger partial charge in [0.1, 0.15) is 11.8 Å². The standard InChI is InChI=1S/C16H23N3O2/c1-12(19-11-16(2,3)15(20)18-4)13-5-7-14(8-6-13)21-10-9-17/h5-8,12,19H,10-11H2,1-4H3,(H,18,20). The van der Waals surface area contributed by atoms with Crippen molar-refractivity contribution >= 4 is 5.91 Å². The summed E-state index contributed by atoms with van der Waals surface area (Å²) in [5.74, 6) is 0.695. The van der Waals surface area contributed by atoms with Gasteiger partial charge in [-0.3, -0.25) is 4.79 Å². The molecule has 1 aromatic carbocycles. The number of ether oxygens (including phenoxy) is 1. The van der Waals surface area contributed by atoms with Gasteiger partial charge in [0.2, 0.25) is 5.91 Å². The third-order valence-corrected chi connectivity index (χ3v) is 3.38. The van der Waals surface area contributed by atoms with Crippen LogP contribution in [0.1, 0.15) is 32.4 Å². The topological polar surface area (TPSA) is 74.2 Å². The minimum absolute atomic E-state index is 0.0162. The van der Waals surface area contributed by atoms with Crippen molar-refractivity contribution in [3.63, 3.8) is 0 Å². The molecule has 0 spiro atoms. The van der Waals surface area contributed by atoms with Crippen LogP contribution in [-0.2, 0) is 4.79 Å². The zero-order valence-corrected chi connectivity index (χ0v) is 13.1. The van der Waals surface area contributed by atoms with E-state index in [-0.39, 0.29) is 18.6 Å². The molecule has 5 heteroatoms. The lowest BCUT2D eigenvalue weighted by Gasteiger charge is -2.25. The first kappa shape index (κ1) is 17.0. The van der Waals surface area contributed by atoms with Gasteiger partial charge in [-0.2, -0.15) is 5.26 Å². The van der Waals surface area contributed by atoms with Gasteiger partial charge in [0.15, 0.2) is 6.61 Å². The Labute approximate surface area is 126 Å². The molecule has 0 aliphatic heterocycles. The smallest absolute Gasteiger partial charge is 0.226 e. The number of carbonyl (C=O) groups is 1. The van der Waals surface area contributed by atoms with Gasteiger partial charge in [-0.05, 0) is 38.5 Å². The Balaban J connectivity index is 2.58. The molecule has 1 atom stereocenters. The minimum atomic E-state index is -0.459. The van der Waals surface area contributed by atoms with Gasteiger partial charge in [0.25, 0.3) is 0 Å². The average Bonchev–Trinajstić information content (AvgIpc) is 2.50. The van der Waals surface area contributed by atoms with Crippen LogP contribution in [0.2, 0.25) is 0 Å². The molecule has 1 unspecified atom stereocenters. The molecule has 0 aromatic heterocycles. The molecule has 0 radical (unpaired) electrons. The first-order valence-electron chi connectivity index (χ1n) is 6.96. The molecule has 0 fully saturated rings. The normalized spacial score (nSPS) is 12.3. The van der Waals surface area contributed by atoms with Crippen LogP contribution in [0, 0.1) is 16.7 Å². The van der Waals surface area contributed by atoms with Crippen LogP contribution >= 0.6 is 0 Å². The summed E-state index contributed by atoms with van der Waals surface area (Å²) < 4.78 is 5.22. The average molecular weight is 289 g/mol.